The number of benzene rings is 3. The van der Waals surface area contributed by atoms with Crippen LogP contribution < -0.4 is 0 Å². The Morgan fingerprint density at radius 3 is 2.31 bits per heavy atom. The first-order chi connectivity index (χ1) is 12.6. The van der Waals surface area contributed by atoms with Crippen LogP contribution in [-0.2, 0) is 5.41 Å². The second-order valence-electron chi connectivity index (χ2n) is 6.17. The van der Waals surface area contributed by atoms with Crippen LogP contribution >= 0.6 is 15.9 Å². The molecule has 2 N–H and O–H groups in total. The van der Waals surface area contributed by atoms with E-state index in [1.54, 1.807) is 12.1 Å². The Labute approximate surface area is 159 Å². The second kappa shape index (κ2) is 6.36. The van der Waals surface area contributed by atoms with Crippen LogP contribution in [0.1, 0.15) is 16.7 Å². The van der Waals surface area contributed by atoms with E-state index < -0.39 is 5.41 Å². The smallest absolute Gasteiger partial charge is 0.134 e. The van der Waals surface area contributed by atoms with E-state index in [1.165, 1.54) is 0 Å². The number of rotatable bonds is 3. The molecular formula is C22H15BrN2O. The van der Waals surface area contributed by atoms with Gasteiger partial charge in [0.2, 0.25) is 0 Å². The number of H-pyrrole nitrogens is 1. The Hall–Kier alpha value is -3.03. The highest BCUT2D eigenvalue weighted by molar-refractivity contribution is 9.10. The summed E-state index contributed by atoms with van der Waals surface area (Å²) in [6.45, 7) is 0. The third kappa shape index (κ3) is 2.49. The van der Waals surface area contributed by atoms with Gasteiger partial charge in [0.15, 0.2) is 0 Å². The summed E-state index contributed by atoms with van der Waals surface area (Å²) in [5.41, 5.74) is 2.55. The highest BCUT2D eigenvalue weighted by atomic mass is 79.9. The van der Waals surface area contributed by atoms with Gasteiger partial charge in [-0.15, -0.1) is 0 Å². The van der Waals surface area contributed by atoms with E-state index in [0.29, 0.717) is 0 Å². The number of aromatic amines is 1. The maximum Gasteiger partial charge on any atom is 0.134 e. The van der Waals surface area contributed by atoms with Crippen molar-refractivity contribution in [3.8, 4) is 11.8 Å². The predicted molar refractivity (Wildman–Crippen MR) is 106 cm³/mol. The van der Waals surface area contributed by atoms with Crippen molar-refractivity contribution in [2.75, 3.05) is 0 Å². The third-order valence-electron chi connectivity index (χ3n) is 4.72. The highest BCUT2D eigenvalue weighted by Gasteiger charge is 2.38. The minimum atomic E-state index is -0.992. The molecule has 0 fully saturated rings. The van der Waals surface area contributed by atoms with Gasteiger partial charge in [-0.05, 0) is 41.5 Å². The summed E-state index contributed by atoms with van der Waals surface area (Å²) in [5, 5.41) is 21.1. The Kier molecular flexibility index (Phi) is 4.02. The number of aromatic hydroxyl groups is 1. The van der Waals surface area contributed by atoms with Crippen LogP contribution in [-0.4, -0.2) is 10.1 Å². The van der Waals surface area contributed by atoms with Crippen molar-refractivity contribution in [3.05, 3.63) is 100 Å². The molecule has 0 unspecified atom stereocenters. The first-order valence-electron chi connectivity index (χ1n) is 8.18. The largest absolute Gasteiger partial charge is 0.508 e. The zero-order valence-corrected chi connectivity index (χ0v) is 15.4. The molecule has 1 heterocycles. The van der Waals surface area contributed by atoms with Gasteiger partial charge < -0.3 is 10.1 Å². The van der Waals surface area contributed by atoms with Gasteiger partial charge in [0, 0.05) is 27.1 Å². The molecule has 0 bridgehead atoms. The molecule has 4 heteroatoms. The summed E-state index contributed by atoms with van der Waals surface area (Å²) < 4.78 is 0.955. The van der Waals surface area contributed by atoms with E-state index in [2.05, 4.69) is 27.0 Å². The van der Waals surface area contributed by atoms with Crippen LogP contribution in [0, 0.1) is 11.3 Å². The molecule has 0 radical (unpaired) electrons. The normalized spacial score (nSPS) is 13.2. The van der Waals surface area contributed by atoms with E-state index in [0.717, 1.165) is 32.1 Å². The number of halogens is 1. The Balaban J connectivity index is 2.10. The number of phenols is 1. The maximum atomic E-state index is 10.4. The number of hydrogen-bond acceptors (Lipinski definition) is 2. The molecule has 0 aliphatic carbocycles. The molecule has 0 aliphatic heterocycles. The SMILES string of the molecule is N#C[C@@](c1ccccc1)(c1ccc(O)cc1)c1c[nH]c2ccc(Br)cc12. The molecule has 0 spiro atoms. The summed E-state index contributed by atoms with van der Waals surface area (Å²) in [7, 11) is 0. The molecule has 0 saturated heterocycles. The van der Waals surface area contributed by atoms with Crippen molar-refractivity contribution in [2.24, 2.45) is 0 Å². The van der Waals surface area contributed by atoms with Crippen molar-refractivity contribution >= 4 is 26.8 Å². The zero-order valence-electron chi connectivity index (χ0n) is 13.8. The van der Waals surface area contributed by atoms with Gasteiger partial charge in [0.25, 0.3) is 0 Å². The average Bonchev–Trinajstić information content (AvgIpc) is 3.09. The first-order valence-corrected chi connectivity index (χ1v) is 8.98. The lowest BCUT2D eigenvalue weighted by atomic mass is 9.70. The molecule has 3 nitrogen and oxygen atoms in total. The van der Waals surface area contributed by atoms with Crippen LogP contribution in [0.15, 0.2) is 83.5 Å². The Bertz CT molecular complexity index is 1110. The van der Waals surface area contributed by atoms with Gasteiger partial charge in [-0.25, -0.2) is 0 Å². The number of fused-ring (bicyclic) bond motifs is 1. The van der Waals surface area contributed by atoms with Gasteiger partial charge in [-0.3, -0.25) is 0 Å². The third-order valence-corrected chi connectivity index (χ3v) is 5.22. The molecule has 3 aromatic carbocycles. The lowest BCUT2D eigenvalue weighted by Gasteiger charge is -2.28. The summed E-state index contributed by atoms with van der Waals surface area (Å²) in [6, 6.07) is 25.2. The van der Waals surface area contributed by atoms with E-state index in [-0.39, 0.29) is 5.75 Å². The lowest BCUT2D eigenvalue weighted by molar-refractivity contribution is 0.475. The average molecular weight is 403 g/mol. The Morgan fingerprint density at radius 1 is 0.923 bits per heavy atom. The second-order valence-corrected chi connectivity index (χ2v) is 7.08. The molecule has 4 rings (SSSR count). The molecule has 126 valence electrons. The van der Waals surface area contributed by atoms with Crippen LogP contribution in [0.5, 0.6) is 5.75 Å². The topological polar surface area (TPSA) is 59.8 Å². The van der Waals surface area contributed by atoms with Crippen molar-refractivity contribution in [1.29, 1.82) is 5.26 Å². The number of aromatic nitrogens is 1. The molecule has 0 saturated carbocycles. The number of phenolic OH excluding ortho intramolecular Hbond substituents is 1. The van der Waals surface area contributed by atoms with Crippen molar-refractivity contribution in [2.45, 2.75) is 5.41 Å². The fourth-order valence-electron chi connectivity index (χ4n) is 3.47. The van der Waals surface area contributed by atoms with Crippen LogP contribution in [0.2, 0.25) is 0 Å². The van der Waals surface area contributed by atoms with Crippen LogP contribution in [0.3, 0.4) is 0 Å². The van der Waals surface area contributed by atoms with Gasteiger partial charge in [0.05, 0.1) is 6.07 Å². The van der Waals surface area contributed by atoms with Crippen molar-refractivity contribution in [3.63, 3.8) is 0 Å². The quantitative estimate of drug-likeness (QED) is 0.475. The van der Waals surface area contributed by atoms with E-state index >= 15 is 0 Å². The standard InChI is InChI=1S/C22H15BrN2O/c23-17-8-11-21-19(12-17)20(13-25-21)22(14-24,15-4-2-1-3-5-15)16-6-9-18(26)10-7-16/h1-13,25-26H/t22-/m1/s1. The molecule has 1 atom stereocenters. The monoisotopic (exact) mass is 402 g/mol. The maximum absolute atomic E-state index is 10.4. The molecular weight excluding hydrogens is 388 g/mol. The van der Waals surface area contributed by atoms with Gasteiger partial charge >= 0.3 is 0 Å². The van der Waals surface area contributed by atoms with Gasteiger partial charge in [-0.2, -0.15) is 5.26 Å². The molecule has 0 aliphatic rings. The molecule has 1 aromatic heterocycles. The summed E-state index contributed by atoms with van der Waals surface area (Å²) in [6.07, 6.45) is 1.90. The Morgan fingerprint density at radius 2 is 1.62 bits per heavy atom. The van der Waals surface area contributed by atoms with Crippen LogP contribution in [0.4, 0.5) is 0 Å². The fourth-order valence-corrected chi connectivity index (χ4v) is 3.83. The molecule has 26 heavy (non-hydrogen) atoms. The van der Waals surface area contributed by atoms with Gasteiger partial charge in [0.1, 0.15) is 11.2 Å². The number of hydrogen-bond donors (Lipinski definition) is 2. The number of nitriles is 1. The first kappa shape index (κ1) is 16.4. The highest BCUT2D eigenvalue weighted by Crippen LogP contribution is 2.42. The zero-order chi connectivity index (χ0) is 18.1. The van der Waals surface area contributed by atoms with E-state index in [9.17, 15) is 10.4 Å². The molecule has 4 aromatic rings. The van der Waals surface area contributed by atoms with Crippen LogP contribution in [0.25, 0.3) is 10.9 Å². The summed E-state index contributed by atoms with van der Waals surface area (Å²) >= 11 is 3.53. The summed E-state index contributed by atoms with van der Waals surface area (Å²) in [5.74, 6) is 0.176. The summed E-state index contributed by atoms with van der Waals surface area (Å²) in [4.78, 5) is 3.28. The number of nitrogens with one attached hydrogen (secondary N) is 1. The minimum Gasteiger partial charge on any atom is -0.508 e. The van der Waals surface area contributed by atoms with Gasteiger partial charge in [-0.1, -0.05) is 58.4 Å². The minimum absolute atomic E-state index is 0.176. The predicted octanol–water partition coefficient (Wildman–Crippen LogP) is 5.49. The number of nitrogens with zero attached hydrogens (tertiary/aromatic N) is 1. The lowest BCUT2D eigenvalue weighted by Crippen LogP contribution is -2.27. The fraction of sp³-hybridized carbons (Fsp3) is 0.0455. The van der Waals surface area contributed by atoms with E-state index in [4.69, 9.17) is 0 Å². The van der Waals surface area contributed by atoms with E-state index in [1.807, 2.05) is 66.9 Å². The van der Waals surface area contributed by atoms with Crippen molar-refractivity contribution in [1.82, 2.24) is 4.98 Å². The van der Waals surface area contributed by atoms with Crippen molar-refractivity contribution < 1.29 is 5.11 Å². The molecule has 0 amide bonds.